The zero-order chi connectivity index (χ0) is 20.0. The fourth-order valence-corrected chi connectivity index (χ4v) is 2.19. The van der Waals surface area contributed by atoms with E-state index >= 15 is 0 Å². The molecule has 2 aromatic carbocycles. The number of nitro benzene ring substituents is 2. The van der Waals surface area contributed by atoms with Gasteiger partial charge in [0, 0.05) is 17.8 Å². The van der Waals surface area contributed by atoms with Crippen molar-refractivity contribution in [2.45, 2.75) is 20.3 Å². The van der Waals surface area contributed by atoms with Crippen molar-refractivity contribution in [3.63, 3.8) is 0 Å². The molecule has 0 radical (unpaired) electrons. The topological polar surface area (TPSA) is 125 Å². The van der Waals surface area contributed by atoms with E-state index in [9.17, 15) is 25.0 Å². The number of hydrogen-bond donors (Lipinski definition) is 1. The third-order valence-corrected chi connectivity index (χ3v) is 3.66. The molecule has 2 rings (SSSR count). The Hall–Kier alpha value is -3.49. The Kier molecular flexibility index (Phi) is 6.42. The van der Waals surface area contributed by atoms with Gasteiger partial charge in [-0.2, -0.15) is 0 Å². The molecule has 0 aliphatic rings. The Labute approximate surface area is 155 Å². The van der Waals surface area contributed by atoms with Gasteiger partial charge in [-0.1, -0.05) is 13.8 Å². The highest BCUT2D eigenvalue weighted by Gasteiger charge is 2.20. The predicted octanol–water partition coefficient (Wildman–Crippen LogP) is 4.18. The quantitative estimate of drug-likeness (QED) is 0.546. The van der Waals surface area contributed by atoms with E-state index in [1.54, 1.807) is 24.3 Å². The molecular formula is C18H19N3O6. The highest BCUT2D eigenvalue weighted by Crippen LogP contribution is 2.24. The number of carbonyl (C=O) groups is 1. The van der Waals surface area contributed by atoms with Gasteiger partial charge >= 0.3 is 0 Å². The average molecular weight is 373 g/mol. The van der Waals surface area contributed by atoms with Crippen LogP contribution >= 0.6 is 0 Å². The first-order chi connectivity index (χ1) is 12.8. The van der Waals surface area contributed by atoms with Gasteiger partial charge in [-0.3, -0.25) is 25.0 Å². The molecule has 0 fully saturated rings. The number of non-ortho nitro benzene ring substituents is 2. The molecule has 1 N–H and O–H groups in total. The van der Waals surface area contributed by atoms with Crippen LogP contribution in [0.2, 0.25) is 0 Å². The SMILES string of the molecule is CC(C)CCOc1ccc(NC(=O)c2cc([N+](=O)[O-])cc([N+](=O)[O-])c2)cc1. The van der Waals surface area contributed by atoms with Crippen molar-refractivity contribution in [3.8, 4) is 5.75 Å². The number of hydrogen-bond acceptors (Lipinski definition) is 6. The van der Waals surface area contributed by atoms with Crippen LogP contribution < -0.4 is 10.1 Å². The summed E-state index contributed by atoms with van der Waals surface area (Å²) in [6, 6.07) is 9.40. The van der Waals surface area contributed by atoms with Crippen molar-refractivity contribution >= 4 is 23.0 Å². The molecule has 27 heavy (non-hydrogen) atoms. The molecular weight excluding hydrogens is 354 g/mol. The fraction of sp³-hybridized carbons (Fsp3) is 0.278. The lowest BCUT2D eigenvalue weighted by Gasteiger charge is -2.09. The maximum Gasteiger partial charge on any atom is 0.277 e. The second kappa shape index (κ2) is 8.75. The molecule has 0 aromatic heterocycles. The molecule has 9 nitrogen and oxygen atoms in total. The smallest absolute Gasteiger partial charge is 0.277 e. The van der Waals surface area contributed by atoms with Gasteiger partial charge in [0.05, 0.1) is 28.1 Å². The van der Waals surface area contributed by atoms with Gasteiger partial charge in [-0.15, -0.1) is 0 Å². The molecule has 0 atom stereocenters. The molecule has 142 valence electrons. The van der Waals surface area contributed by atoms with Gasteiger partial charge in [0.2, 0.25) is 0 Å². The molecule has 0 spiro atoms. The monoisotopic (exact) mass is 373 g/mol. The summed E-state index contributed by atoms with van der Waals surface area (Å²) in [7, 11) is 0. The minimum Gasteiger partial charge on any atom is -0.494 e. The van der Waals surface area contributed by atoms with Crippen LogP contribution in [0.5, 0.6) is 5.75 Å². The van der Waals surface area contributed by atoms with Crippen LogP contribution in [0, 0.1) is 26.1 Å². The minimum absolute atomic E-state index is 0.173. The van der Waals surface area contributed by atoms with Gasteiger partial charge in [-0.05, 0) is 36.6 Å². The van der Waals surface area contributed by atoms with Gasteiger partial charge < -0.3 is 10.1 Å². The highest BCUT2D eigenvalue weighted by atomic mass is 16.6. The standard InChI is InChI=1S/C18H19N3O6/c1-12(2)7-8-27-17-5-3-14(4-6-17)19-18(22)13-9-15(20(23)24)11-16(10-13)21(25)26/h3-6,9-12H,7-8H2,1-2H3,(H,19,22). The van der Waals surface area contributed by atoms with E-state index < -0.39 is 27.1 Å². The van der Waals surface area contributed by atoms with Gasteiger partial charge in [-0.25, -0.2) is 0 Å². The third-order valence-electron chi connectivity index (χ3n) is 3.66. The summed E-state index contributed by atoms with van der Waals surface area (Å²) in [6.45, 7) is 4.78. The number of nitrogens with one attached hydrogen (secondary N) is 1. The van der Waals surface area contributed by atoms with Crippen molar-refractivity contribution in [1.29, 1.82) is 0 Å². The van der Waals surface area contributed by atoms with Crippen molar-refractivity contribution in [2.75, 3.05) is 11.9 Å². The molecule has 0 bridgehead atoms. The lowest BCUT2D eigenvalue weighted by molar-refractivity contribution is -0.394. The van der Waals surface area contributed by atoms with E-state index in [1.165, 1.54) is 0 Å². The number of carbonyl (C=O) groups excluding carboxylic acids is 1. The largest absolute Gasteiger partial charge is 0.494 e. The zero-order valence-electron chi connectivity index (χ0n) is 14.9. The maximum atomic E-state index is 12.3. The lowest BCUT2D eigenvalue weighted by atomic mass is 10.1. The van der Waals surface area contributed by atoms with E-state index in [-0.39, 0.29) is 5.56 Å². The van der Waals surface area contributed by atoms with E-state index in [1.807, 2.05) is 0 Å². The number of benzene rings is 2. The molecule has 9 heteroatoms. The Morgan fingerprint density at radius 1 is 1.04 bits per heavy atom. The normalized spacial score (nSPS) is 10.5. The highest BCUT2D eigenvalue weighted by molar-refractivity contribution is 6.05. The number of anilines is 1. The molecule has 0 heterocycles. The summed E-state index contributed by atoms with van der Waals surface area (Å²) in [5.41, 5.74) is -0.787. The molecule has 0 unspecified atom stereocenters. The minimum atomic E-state index is -0.785. The summed E-state index contributed by atoms with van der Waals surface area (Å²) < 4.78 is 5.58. The molecule has 0 aliphatic carbocycles. The summed E-state index contributed by atoms with van der Waals surface area (Å²) in [5, 5.41) is 24.4. The van der Waals surface area contributed by atoms with Crippen LogP contribution in [0.1, 0.15) is 30.6 Å². The molecule has 0 saturated heterocycles. The Morgan fingerprint density at radius 3 is 2.07 bits per heavy atom. The van der Waals surface area contributed by atoms with E-state index in [0.717, 1.165) is 24.6 Å². The number of nitrogens with zero attached hydrogens (tertiary/aromatic N) is 2. The Balaban J connectivity index is 2.10. The summed E-state index contributed by atoms with van der Waals surface area (Å²) in [5.74, 6) is 0.498. The number of nitro groups is 2. The molecule has 1 amide bonds. The second-order valence-electron chi connectivity index (χ2n) is 6.26. The first-order valence-corrected chi connectivity index (χ1v) is 8.24. The van der Waals surface area contributed by atoms with Crippen LogP contribution in [0.25, 0.3) is 0 Å². The van der Waals surface area contributed by atoms with Crippen LogP contribution in [-0.2, 0) is 0 Å². The van der Waals surface area contributed by atoms with Crippen molar-refractivity contribution in [1.82, 2.24) is 0 Å². The third kappa shape index (κ3) is 5.77. The van der Waals surface area contributed by atoms with Gasteiger partial charge in [0.15, 0.2) is 0 Å². The summed E-state index contributed by atoms with van der Waals surface area (Å²) in [6.07, 6.45) is 0.921. The van der Waals surface area contributed by atoms with Crippen LogP contribution in [0.15, 0.2) is 42.5 Å². The van der Waals surface area contributed by atoms with E-state index in [0.29, 0.717) is 24.0 Å². The van der Waals surface area contributed by atoms with Crippen molar-refractivity contribution < 1.29 is 19.4 Å². The van der Waals surface area contributed by atoms with Crippen LogP contribution in [0.3, 0.4) is 0 Å². The number of rotatable bonds is 8. The Bertz CT molecular complexity index is 816. The average Bonchev–Trinajstić information content (AvgIpc) is 2.62. The van der Waals surface area contributed by atoms with Crippen molar-refractivity contribution in [2.24, 2.45) is 5.92 Å². The van der Waals surface area contributed by atoms with Crippen molar-refractivity contribution in [3.05, 3.63) is 68.3 Å². The summed E-state index contributed by atoms with van der Waals surface area (Å²) >= 11 is 0. The van der Waals surface area contributed by atoms with Gasteiger partial charge in [0.25, 0.3) is 17.3 Å². The number of amides is 1. The first kappa shape index (κ1) is 19.8. The van der Waals surface area contributed by atoms with Crippen LogP contribution in [0.4, 0.5) is 17.1 Å². The maximum absolute atomic E-state index is 12.3. The lowest BCUT2D eigenvalue weighted by Crippen LogP contribution is -2.12. The predicted molar refractivity (Wildman–Crippen MR) is 99.1 cm³/mol. The molecule has 2 aromatic rings. The summed E-state index contributed by atoms with van der Waals surface area (Å²) in [4.78, 5) is 32.6. The Morgan fingerprint density at radius 2 is 1.59 bits per heavy atom. The number of ether oxygens (including phenoxy) is 1. The van der Waals surface area contributed by atoms with Gasteiger partial charge in [0.1, 0.15) is 5.75 Å². The van der Waals surface area contributed by atoms with Crippen LogP contribution in [-0.4, -0.2) is 22.4 Å². The second-order valence-corrected chi connectivity index (χ2v) is 6.26. The zero-order valence-corrected chi connectivity index (χ0v) is 14.9. The fourth-order valence-electron chi connectivity index (χ4n) is 2.19. The van der Waals surface area contributed by atoms with E-state index in [4.69, 9.17) is 4.74 Å². The molecule has 0 aliphatic heterocycles. The molecule has 0 saturated carbocycles. The first-order valence-electron chi connectivity index (χ1n) is 8.24. The van der Waals surface area contributed by atoms with E-state index in [2.05, 4.69) is 19.2 Å².